The Morgan fingerprint density at radius 1 is 0.761 bits per heavy atom. The molecule has 8 nitrogen and oxygen atoms in total. The Hall–Kier alpha value is -1.54. The van der Waals surface area contributed by atoms with Gasteiger partial charge in [-0.3, -0.25) is 9.36 Å². The van der Waals surface area contributed by atoms with Crippen molar-refractivity contribution < 1.29 is 32.9 Å². The number of phosphoric ester groups is 1. The van der Waals surface area contributed by atoms with Gasteiger partial charge in [0.05, 0.1) is 39.9 Å². The van der Waals surface area contributed by atoms with E-state index in [1.165, 1.54) is 38.5 Å². The predicted octanol–water partition coefficient (Wildman–Crippen LogP) is 8.33. The molecule has 0 heterocycles. The molecule has 1 amide bonds. The van der Waals surface area contributed by atoms with E-state index in [4.69, 9.17) is 9.05 Å². The second-order valence-electron chi connectivity index (χ2n) is 13.2. The minimum atomic E-state index is -4.59. The molecule has 0 bridgehead atoms. The zero-order chi connectivity index (χ0) is 34.4. The van der Waals surface area contributed by atoms with Crippen LogP contribution < -0.4 is 10.2 Å². The summed E-state index contributed by atoms with van der Waals surface area (Å²) in [5.74, 6) is -0.228. The molecule has 2 N–H and O–H groups in total. The lowest BCUT2D eigenvalue weighted by Gasteiger charge is -2.29. The van der Waals surface area contributed by atoms with Crippen LogP contribution in [0, 0.1) is 0 Å². The van der Waals surface area contributed by atoms with Gasteiger partial charge in [0.25, 0.3) is 7.82 Å². The Bertz CT molecular complexity index is 897. The van der Waals surface area contributed by atoms with Crippen LogP contribution in [0.3, 0.4) is 0 Å². The number of likely N-dealkylation sites (N-methyl/N-ethyl adjacent to an activating group) is 1. The molecule has 0 aliphatic heterocycles. The number of amides is 1. The van der Waals surface area contributed by atoms with E-state index in [0.717, 1.165) is 70.6 Å². The number of carbonyl (C=O) groups is 1. The van der Waals surface area contributed by atoms with Crippen LogP contribution in [0.5, 0.6) is 0 Å². The molecule has 0 aliphatic carbocycles. The topological polar surface area (TPSA) is 108 Å². The van der Waals surface area contributed by atoms with Gasteiger partial charge in [0, 0.05) is 6.42 Å². The molecule has 3 atom stereocenters. The first-order valence-corrected chi connectivity index (χ1v) is 19.5. The quantitative estimate of drug-likeness (QED) is 0.0333. The highest BCUT2D eigenvalue weighted by Gasteiger charge is 2.23. The predicted molar refractivity (Wildman–Crippen MR) is 191 cm³/mol. The van der Waals surface area contributed by atoms with E-state index < -0.39 is 26.6 Å². The molecule has 0 aromatic rings. The Balaban J connectivity index is 4.66. The molecule has 46 heavy (non-hydrogen) atoms. The minimum absolute atomic E-state index is 0.0112. The third-order valence-corrected chi connectivity index (χ3v) is 8.46. The number of nitrogens with zero attached hydrogens (tertiary/aromatic N) is 1. The number of unbranched alkanes of at least 4 members (excludes halogenated alkanes) is 12. The lowest BCUT2D eigenvalue weighted by atomic mass is 10.1. The highest BCUT2D eigenvalue weighted by molar-refractivity contribution is 7.45. The number of nitrogens with one attached hydrogen (secondary N) is 1. The summed E-state index contributed by atoms with van der Waals surface area (Å²) in [5, 5.41) is 13.6. The van der Waals surface area contributed by atoms with Gasteiger partial charge in [0.15, 0.2) is 0 Å². The first-order chi connectivity index (χ1) is 22.0. The maximum absolute atomic E-state index is 12.7. The van der Waals surface area contributed by atoms with Crippen LogP contribution in [-0.2, 0) is 18.4 Å². The van der Waals surface area contributed by atoms with Crippen LogP contribution in [0.1, 0.15) is 129 Å². The van der Waals surface area contributed by atoms with E-state index in [1.54, 1.807) is 6.08 Å². The van der Waals surface area contributed by atoms with E-state index in [0.29, 0.717) is 17.4 Å². The molecule has 3 unspecified atom stereocenters. The lowest BCUT2D eigenvalue weighted by Crippen LogP contribution is -2.45. The zero-order valence-electron chi connectivity index (χ0n) is 30.0. The SMILES string of the molecule is CCC/C=C\C/C=C\CCCCCCCC(=O)NC(COP(=O)([O-])OCC[N+](C)(C)C)C(O)/C=C/CC/C=C/CCCCCCC. The van der Waals surface area contributed by atoms with Crippen molar-refractivity contribution in [3.05, 3.63) is 48.6 Å². The van der Waals surface area contributed by atoms with Gasteiger partial charge in [-0.15, -0.1) is 0 Å². The fraction of sp³-hybridized carbons (Fsp3) is 0.757. The number of hydrogen-bond donors (Lipinski definition) is 2. The third-order valence-electron chi connectivity index (χ3n) is 7.49. The van der Waals surface area contributed by atoms with Gasteiger partial charge in [0.1, 0.15) is 13.2 Å². The molecule has 0 aromatic carbocycles. The number of aliphatic hydroxyl groups is 1. The molecule has 0 aliphatic rings. The Labute approximate surface area is 282 Å². The highest BCUT2D eigenvalue weighted by atomic mass is 31.2. The summed E-state index contributed by atoms with van der Waals surface area (Å²) in [4.78, 5) is 25.1. The summed E-state index contributed by atoms with van der Waals surface area (Å²) >= 11 is 0. The molecule has 0 saturated heterocycles. The average Bonchev–Trinajstić information content (AvgIpc) is 2.99. The number of quaternary nitrogens is 1. The van der Waals surface area contributed by atoms with Gasteiger partial charge in [-0.25, -0.2) is 0 Å². The molecule has 0 fully saturated rings. The largest absolute Gasteiger partial charge is 0.756 e. The number of carbonyl (C=O) groups excluding carboxylic acids is 1. The zero-order valence-corrected chi connectivity index (χ0v) is 30.9. The normalized spacial score (nSPS) is 15.4. The summed E-state index contributed by atoms with van der Waals surface area (Å²) in [6.45, 7) is 4.48. The van der Waals surface area contributed by atoms with Crippen molar-refractivity contribution in [2.45, 2.75) is 142 Å². The fourth-order valence-corrected chi connectivity index (χ4v) is 5.28. The second-order valence-corrected chi connectivity index (χ2v) is 14.6. The van der Waals surface area contributed by atoms with Crippen molar-refractivity contribution in [1.82, 2.24) is 5.32 Å². The van der Waals surface area contributed by atoms with E-state index in [9.17, 15) is 19.4 Å². The minimum Gasteiger partial charge on any atom is -0.756 e. The van der Waals surface area contributed by atoms with Crippen molar-refractivity contribution >= 4 is 13.7 Å². The van der Waals surface area contributed by atoms with Crippen LogP contribution >= 0.6 is 7.82 Å². The summed E-state index contributed by atoms with van der Waals surface area (Å²) in [6, 6.07) is -0.907. The van der Waals surface area contributed by atoms with Gasteiger partial charge in [0.2, 0.25) is 5.91 Å². The van der Waals surface area contributed by atoms with Crippen molar-refractivity contribution in [3.8, 4) is 0 Å². The molecular weight excluding hydrogens is 599 g/mol. The number of aliphatic hydroxyl groups excluding tert-OH is 1. The summed E-state index contributed by atoms with van der Waals surface area (Å²) < 4.78 is 23.0. The molecule has 0 radical (unpaired) electrons. The van der Waals surface area contributed by atoms with E-state index in [1.807, 2.05) is 27.2 Å². The molecule has 0 spiro atoms. The summed E-state index contributed by atoms with van der Waals surface area (Å²) in [7, 11) is 1.22. The van der Waals surface area contributed by atoms with E-state index in [2.05, 4.69) is 55.6 Å². The maximum atomic E-state index is 12.7. The van der Waals surface area contributed by atoms with Gasteiger partial charge in [-0.1, -0.05) is 114 Å². The average molecular weight is 669 g/mol. The molecule has 0 rings (SSSR count). The van der Waals surface area contributed by atoms with Crippen molar-refractivity contribution in [2.24, 2.45) is 0 Å². The van der Waals surface area contributed by atoms with Crippen LogP contribution in [0.25, 0.3) is 0 Å². The Kier molecular flexibility index (Phi) is 28.6. The summed E-state index contributed by atoms with van der Waals surface area (Å²) in [5.41, 5.74) is 0. The van der Waals surface area contributed by atoms with Crippen LogP contribution in [0.2, 0.25) is 0 Å². The van der Waals surface area contributed by atoms with Crippen LogP contribution in [0.4, 0.5) is 0 Å². The molecular formula is C37H69N2O6P. The van der Waals surface area contributed by atoms with E-state index >= 15 is 0 Å². The number of hydrogen-bond acceptors (Lipinski definition) is 6. The standard InChI is InChI=1S/C37H69N2O6P/c1-6-8-10-12-14-16-18-19-21-23-25-27-29-31-37(41)38-35(34-45-46(42,43)44-33-32-39(3,4)5)36(40)30-28-26-24-22-20-17-15-13-11-9-7-2/h10,12,16,18,20,22,28,30,35-36,40H,6-9,11,13-15,17,19,21,23-27,29,31-34H2,1-5H3,(H-,38,41,42,43)/b12-10-,18-16-,22-20+,30-28+. The van der Waals surface area contributed by atoms with Gasteiger partial charge >= 0.3 is 0 Å². The van der Waals surface area contributed by atoms with Crippen molar-refractivity contribution in [2.75, 3.05) is 40.9 Å². The maximum Gasteiger partial charge on any atom is 0.268 e. The highest BCUT2D eigenvalue weighted by Crippen LogP contribution is 2.38. The monoisotopic (exact) mass is 668 g/mol. The van der Waals surface area contributed by atoms with E-state index in [-0.39, 0.29) is 12.5 Å². The van der Waals surface area contributed by atoms with Crippen LogP contribution in [0.15, 0.2) is 48.6 Å². The van der Waals surface area contributed by atoms with Gasteiger partial charge in [-0.2, -0.15) is 0 Å². The fourth-order valence-electron chi connectivity index (χ4n) is 4.56. The second kappa shape index (κ2) is 29.6. The number of allylic oxidation sites excluding steroid dienone is 7. The van der Waals surface area contributed by atoms with Crippen molar-refractivity contribution in [1.29, 1.82) is 0 Å². The lowest BCUT2D eigenvalue weighted by molar-refractivity contribution is -0.870. The number of rotatable bonds is 31. The first kappa shape index (κ1) is 44.5. The van der Waals surface area contributed by atoms with Gasteiger partial charge < -0.3 is 28.8 Å². The molecule has 268 valence electrons. The molecule has 0 saturated carbocycles. The Morgan fingerprint density at radius 3 is 1.98 bits per heavy atom. The first-order valence-electron chi connectivity index (χ1n) is 18.0. The van der Waals surface area contributed by atoms with Gasteiger partial charge in [-0.05, 0) is 57.8 Å². The number of phosphoric acid groups is 1. The molecule has 9 heteroatoms. The molecule has 0 aromatic heterocycles. The Morgan fingerprint density at radius 2 is 1.33 bits per heavy atom. The third kappa shape index (κ3) is 31.1. The van der Waals surface area contributed by atoms with Crippen molar-refractivity contribution in [3.63, 3.8) is 0 Å². The summed E-state index contributed by atoms with van der Waals surface area (Å²) in [6.07, 6.45) is 34.4. The smallest absolute Gasteiger partial charge is 0.268 e. The van der Waals surface area contributed by atoms with Crippen LogP contribution in [-0.4, -0.2) is 68.5 Å².